The molecule has 1 fully saturated rings. The first kappa shape index (κ1) is 22.8. The highest BCUT2D eigenvalue weighted by Gasteiger charge is 2.20. The summed E-state index contributed by atoms with van der Waals surface area (Å²) < 4.78 is 16.8. The Bertz CT molecular complexity index is 1390. The first-order valence-electron chi connectivity index (χ1n) is 11.8. The minimum absolute atomic E-state index is 0.113. The van der Waals surface area contributed by atoms with Crippen LogP contribution >= 0.6 is 0 Å². The number of hydrogen-bond donors (Lipinski definition) is 1. The van der Waals surface area contributed by atoms with Crippen LogP contribution in [0.15, 0.2) is 36.7 Å². The molecular weight excluding hydrogens is 447 g/mol. The number of anilines is 2. The van der Waals surface area contributed by atoms with E-state index in [1.165, 1.54) is 18.6 Å². The smallest absolute Gasteiger partial charge is 0.259 e. The number of nitrogens with one attached hydrogen (secondary N) is 1. The minimum atomic E-state index is -0.662. The van der Waals surface area contributed by atoms with Gasteiger partial charge in [-0.05, 0) is 58.2 Å². The Morgan fingerprint density at radius 3 is 2.60 bits per heavy atom. The van der Waals surface area contributed by atoms with E-state index >= 15 is 0 Å². The van der Waals surface area contributed by atoms with Gasteiger partial charge in [-0.3, -0.25) is 4.79 Å². The molecule has 180 valence electrons. The van der Waals surface area contributed by atoms with Gasteiger partial charge in [0.15, 0.2) is 11.6 Å². The van der Waals surface area contributed by atoms with Crippen molar-refractivity contribution in [2.75, 3.05) is 23.3 Å². The molecule has 0 atom stereocenters. The Morgan fingerprint density at radius 2 is 1.83 bits per heavy atom. The molecule has 1 saturated heterocycles. The van der Waals surface area contributed by atoms with Crippen molar-refractivity contribution in [2.24, 2.45) is 0 Å². The van der Waals surface area contributed by atoms with Crippen molar-refractivity contribution in [2.45, 2.75) is 46.1 Å². The molecule has 0 aliphatic carbocycles. The lowest BCUT2D eigenvalue weighted by atomic mass is 10.1. The van der Waals surface area contributed by atoms with E-state index in [0.29, 0.717) is 22.6 Å². The Kier molecular flexibility index (Phi) is 6.10. The standard InChI is InChI=1S/C25H27FN8O/c1-15(2)34-14-27-32-24(34)19-8-7-9-22(29-19)31-25(35)17-12-20-21(13-18(17)26)28-16(3)23(30-20)33-10-5-4-6-11-33/h7-9,12-15H,4-6,10-11H2,1-3H3,(H,29,31,35). The molecule has 1 amide bonds. The van der Waals surface area contributed by atoms with E-state index in [-0.39, 0.29) is 17.4 Å². The van der Waals surface area contributed by atoms with Gasteiger partial charge in [0.2, 0.25) is 0 Å². The molecule has 0 spiro atoms. The summed E-state index contributed by atoms with van der Waals surface area (Å²) in [5.41, 5.74) is 2.10. The molecule has 0 unspecified atom stereocenters. The zero-order chi connectivity index (χ0) is 24.5. The van der Waals surface area contributed by atoms with Crippen LogP contribution in [-0.4, -0.2) is 48.7 Å². The van der Waals surface area contributed by atoms with Gasteiger partial charge in [0.05, 0.1) is 22.3 Å². The fourth-order valence-corrected chi connectivity index (χ4v) is 4.35. The van der Waals surface area contributed by atoms with Gasteiger partial charge >= 0.3 is 0 Å². The van der Waals surface area contributed by atoms with E-state index in [1.54, 1.807) is 24.5 Å². The highest BCUT2D eigenvalue weighted by Crippen LogP contribution is 2.26. The number of hydrogen-bond acceptors (Lipinski definition) is 7. The normalized spacial score (nSPS) is 14.0. The highest BCUT2D eigenvalue weighted by atomic mass is 19.1. The third-order valence-electron chi connectivity index (χ3n) is 6.15. The maximum Gasteiger partial charge on any atom is 0.259 e. The van der Waals surface area contributed by atoms with Crippen LogP contribution < -0.4 is 10.2 Å². The predicted molar refractivity (Wildman–Crippen MR) is 132 cm³/mol. The monoisotopic (exact) mass is 474 g/mol. The van der Waals surface area contributed by atoms with Gasteiger partial charge in [-0.2, -0.15) is 0 Å². The SMILES string of the molecule is Cc1nc2cc(F)c(C(=O)Nc3cccc(-c4nncn4C(C)C)n3)cc2nc1N1CCCCC1. The molecule has 0 bridgehead atoms. The molecule has 1 aromatic carbocycles. The van der Waals surface area contributed by atoms with Crippen LogP contribution in [0.1, 0.15) is 55.2 Å². The van der Waals surface area contributed by atoms with Gasteiger partial charge in [0.1, 0.15) is 23.7 Å². The molecule has 3 aromatic heterocycles. The maximum atomic E-state index is 14.9. The van der Waals surface area contributed by atoms with Crippen LogP contribution in [0.5, 0.6) is 0 Å². The lowest BCUT2D eigenvalue weighted by Gasteiger charge is -2.28. The summed E-state index contributed by atoms with van der Waals surface area (Å²) in [6, 6.07) is 8.06. The van der Waals surface area contributed by atoms with Gasteiger partial charge in [0.25, 0.3) is 5.91 Å². The summed E-state index contributed by atoms with van der Waals surface area (Å²) in [7, 11) is 0. The molecule has 4 heterocycles. The van der Waals surface area contributed by atoms with Gasteiger partial charge in [-0.25, -0.2) is 19.3 Å². The van der Waals surface area contributed by atoms with E-state index in [1.807, 2.05) is 25.3 Å². The molecule has 35 heavy (non-hydrogen) atoms. The number of aryl methyl sites for hydroxylation is 1. The molecular formula is C25H27FN8O. The number of pyridine rings is 1. The number of piperidine rings is 1. The van der Waals surface area contributed by atoms with Crippen molar-refractivity contribution < 1.29 is 9.18 Å². The zero-order valence-corrected chi connectivity index (χ0v) is 20.0. The van der Waals surface area contributed by atoms with E-state index in [9.17, 15) is 9.18 Å². The number of amides is 1. The molecule has 4 aromatic rings. The van der Waals surface area contributed by atoms with Gasteiger partial charge < -0.3 is 14.8 Å². The van der Waals surface area contributed by atoms with E-state index in [4.69, 9.17) is 4.98 Å². The first-order valence-corrected chi connectivity index (χ1v) is 11.8. The number of benzene rings is 1. The zero-order valence-electron chi connectivity index (χ0n) is 20.0. The minimum Gasteiger partial charge on any atom is -0.355 e. The molecule has 1 aliphatic rings. The highest BCUT2D eigenvalue weighted by molar-refractivity contribution is 6.05. The lowest BCUT2D eigenvalue weighted by Crippen LogP contribution is -2.31. The lowest BCUT2D eigenvalue weighted by molar-refractivity contribution is 0.102. The van der Waals surface area contributed by atoms with Crippen LogP contribution in [0.4, 0.5) is 16.0 Å². The average Bonchev–Trinajstić information content (AvgIpc) is 3.35. The Morgan fingerprint density at radius 1 is 1.06 bits per heavy atom. The van der Waals surface area contributed by atoms with Crippen molar-refractivity contribution in [1.82, 2.24) is 29.7 Å². The maximum absolute atomic E-state index is 14.9. The number of rotatable bonds is 5. The van der Waals surface area contributed by atoms with Gasteiger partial charge in [-0.1, -0.05) is 6.07 Å². The van der Waals surface area contributed by atoms with Crippen molar-refractivity contribution in [1.29, 1.82) is 0 Å². The van der Waals surface area contributed by atoms with E-state index in [2.05, 4.69) is 30.4 Å². The molecule has 9 nitrogen and oxygen atoms in total. The number of carbonyl (C=O) groups is 1. The first-order chi connectivity index (χ1) is 16.9. The topological polar surface area (TPSA) is 102 Å². The van der Waals surface area contributed by atoms with E-state index < -0.39 is 11.7 Å². The van der Waals surface area contributed by atoms with Crippen LogP contribution in [0.2, 0.25) is 0 Å². The summed E-state index contributed by atoms with van der Waals surface area (Å²) in [6.07, 6.45) is 5.06. The molecule has 1 N–H and O–H groups in total. The molecule has 10 heteroatoms. The second-order valence-corrected chi connectivity index (χ2v) is 9.02. The van der Waals surface area contributed by atoms with E-state index in [0.717, 1.165) is 37.4 Å². The third kappa shape index (κ3) is 4.55. The van der Waals surface area contributed by atoms with Crippen LogP contribution in [0.3, 0.4) is 0 Å². The van der Waals surface area contributed by atoms with Gasteiger partial charge in [0, 0.05) is 25.2 Å². The van der Waals surface area contributed by atoms with Crippen molar-refractivity contribution in [3.05, 3.63) is 53.7 Å². The number of nitrogens with zero attached hydrogens (tertiary/aromatic N) is 7. The summed E-state index contributed by atoms with van der Waals surface area (Å²) in [6.45, 7) is 7.75. The number of fused-ring (bicyclic) bond motifs is 1. The molecule has 1 aliphatic heterocycles. The van der Waals surface area contributed by atoms with Crippen molar-refractivity contribution >= 4 is 28.6 Å². The van der Waals surface area contributed by atoms with Crippen LogP contribution in [0.25, 0.3) is 22.6 Å². The second kappa shape index (κ2) is 9.36. The summed E-state index contributed by atoms with van der Waals surface area (Å²) in [5.74, 6) is 0.392. The largest absolute Gasteiger partial charge is 0.355 e. The summed E-state index contributed by atoms with van der Waals surface area (Å²) >= 11 is 0. The molecule has 0 saturated carbocycles. The Balaban J connectivity index is 1.44. The van der Waals surface area contributed by atoms with Crippen molar-refractivity contribution in [3.8, 4) is 11.5 Å². The fourth-order valence-electron chi connectivity index (χ4n) is 4.35. The number of aromatic nitrogens is 6. The van der Waals surface area contributed by atoms with Crippen LogP contribution in [0, 0.1) is 12.7 Å². The Hall–Kier alpha value is -3.95. The third-order valence-corrected chi connectivity index (χ3v) is 6.15. The Labute approximate surface area is 202 Å². The number of halogens is 1. The second-order valence-electron chi connectivity index (χ2n) is 9.02. The summed E-state index contributed by atoms with van der Waals surface area (Å²) in [4.78, 5) is 29.0. The molecule has 0 radical (unpaired) electrons. The fraction of sp³-hybridized carbons (Fsp3) is 0.360. The van der Waals surface area contributed by atoms with Crippen LogP contribution in [-0.2, 0) is 0 Å². The predicted octanol–water partition coefficient (Wildman–Crippen LogP) is 4.55. The summed E-state index contributed by atoms with van der Waals surface area (Å²) in [5, 5.41) is 10.8. The number of carbonyl (C=O) groups excluding carboxylic acids is 1. The quantitative estimate of drug-likeness (QED) is 0.453. The molecule has 5 rings (SSSR count). The van der Waals surface area contributed by atoms with Crippen molar-refractivity contribution in [3.63, 3.8) is 0 Å². The average molecular weight is 475 g/mol. The van der Waals surface area contributed by atoms with Gasteiger partial charge in [-0.15, -0.1) is 10.2 Å².